The molecule has 0 atom stereocenters. The summed E-state index contributed by atoms with van der Waals surface area (Å²) in [7, 11) is 1.71. The summed E-state index contributed by atoms with van der Waals surface area (Å²) in [4.78, 5) is 35.1. The third-order valence-corrected chi connectivity index (χ3v) is 6.04. The van der Waals surface area contributed by atoms with E-state index in [0.717, 1.165) is 26.4 Å². The molecule has 3 aromatic rings. The number of nitrogens with zero attached hydrogens (tertiary/aromatic N) is 3. The Hall–Kier alpha value is -2.45. The summed E-state index contributed by atoms with van der Waals surface area (Å²) in [6, 6.07) is 8.06. The maximum absolute atomic E-state index is 12.3. The van der Waals surface area contributed by atoms with Crippen LogP contribution in [-0.4, -0.2) is 46.2 Å². The molecule has 0 fully saturated rings. The fourth-order valence-corrected chi connectivity index (χ4v) is 4.25. The van der Waals surface area contributed by atoms with E-state index in [0.29, 0.717) is 6.54 Å². The number of fused-ring (bicyclic) bond motifs is 1. The molecule has 2 aromatic heterocycles. The molecule has 6 nitrogen and oxygen atoms in total. The van der Waals surface area contributed by atoms with Gasteiger partial charge in [0, 0.05) is 19.0 Å². The van der Waals surface area contributed by atoms with Gasteiger partial charge >= 0.3 is 5.97 Å². The Morgan fingerprint density at radius 2 is 2.04 bits per heavy atom. The average Bonchev–Trinajstić information content (AvgIpc) is 3.15. The number of carbonyl (C=O) groups is 2. The van der Waals surface area contributed by atoms with Crippen LogP contribution in [-0.2, 0) is 20.9 Å². The monoisotopic (exact) mass is 415 g/mol. The minimum absolute atomic E-state index is 0.0933. The number of aromatic nitrogens is 2. The number of ether oxygens (including phenoxy) is 1. The predicted octanol–water partition coefficient (Wildman–Crippen LogP) is 3.60. The van der Waals surface area contributed by atoms with Gasteiger partial charge in [-0.25, -0.2) is 9.97 Å². The smallest absolute Gasteiger partial charge is 0.316 e. The predicted molar refractivity (Wildman–Crippen MR) is 111 cm³/mol. The van der Waals surface area contributed by atoms with Crippen LogP contribution in [0.2, 0.25) is 0 Å². The van der Waals surface area contributed by atoms with Crippen LogP contribution in [0.25, 0.3) is 10.2 Å². The van der Waals surface area contributed by atoms with Crippen LogP contribution in [0.4, 0.5) is 0 Å². The van der Waals surface area contributed by atoms with Gasteiger partial charge in [-0.3, -0.25) is 9.59 Å². The van der Waals surface area contributed by atoms with Crippen molar-refractivity contribution < 1.29 is 14.3 Å². The van der Waals surface area contributed by atoms with E-state index >= 15 is 0 Å². The van der Waals surface area contributed by atoms with E-state index in [4.69, 9.17) is 4.74 Å². The molecule has 0 aliphatic carbocycles. The lowest BCUT2D eigenvalue weighted by Crippen LogP contribution is -2.31. The van der Waals surface area contributed by atoms with Gasteiger partial charge in [-0.2, -0.15) is 0 Å². The molecule has 1 aromatic carbocycles. The Labute approximate surface area is 171 Å². The van der Waals surface area contributed by atoms with Crippen molar-refractivity contribution in [2.45, 2.75) is 25.4 Å². The number of aryl methyl sites for hydroxylation is 2. The molecule has 0 aliphatic heterocycles. The largest absolute Gasteiger partial charge is 0.455 e. The van der Waals surface area contributed by atoms with Crippen LogP contribution in [0.15, 0.2) is 41.0 Å². The van der Waals surface area contributed by atoms with E-state index < -0.39 is 5.97 Å². The molecule has 0 spiro atoms. The standard InChI is InChI=1S/C20H21N3O3S2/c1-13-4-5-15(14(2)8-13)9-23(3)17(24)10-26-18(25)11-28-20-16-6-7-27-19(16)21-12-22-20/h4-8,12H,9-11H2,1-3H3. The van der Waals surface area contributed by atoms with Crippen molar-refractivity contribution in [2.24, 2.45) is 0 Å². The Morgan fingerprint density at radius 1 is 1.21 bits per heavy atom. The van der Waals surface area contributed by atoms with E-state index in [2.05, 4.69) is 16.0 Å². The normalized spacial score (nSPS) is 10.8. The zero-order valence-electron chi connectivity index (χ0n) is 16.0. The average molecular weight is 416 g/mol. The number of esters is 1. The summed E-state index contributed by atoms with van der Waals surface area (Å²) >= 11 is 2.81. The van der Waals surface area contributed by atoms with Gasteiger partial charge in [0.25, 0.3) is 5.91 Å². The summed E-state index contributed by atoms with van der Waals surface area (Å²) in [5.74, 6) is -0.586. The van der Waals surface area contributed by atoms with Crippen LogP contribution in [0.3, 0.4) is 0 Å². The highest BCUT2D eigenvalue weighted by Crippen LogP contribution is 2.27. The Balaban J connectivity index is 1.47. The van der Waals surface area contributed by atoms with Crippen molar-refractivity contribution in [2.75, 3.05) is 19.4 Å². The van der Waals surface area contributed by atoms with E-state index in [1.165, 1.54) is 35.0 Å². The Kier molecular flexibility index (Phi) is 6.64. The van der Waals surface area contributed by atoms with Gasteiger partial charge in [0.1, 0.15) is 16.2 Å². The molecule has 2 heterocycles. The topological polar surface area (TPSA) is 72.4 Å². The number of hydrogen-bond acceptors (Lipinski definition) is 7. The lowest BCUT2D eigenvalue weighted by atomic mass is 10.1. The number of likely N-dealkylation sites (N-methyl/N-ethyl adjacent to an activating group) is 1. The molecule has 8 heteroatoms. The van der Waals surface area contributed by atoms with E-state index in [-0.39, 0.29) is 18.3 Å². The molecule has 0 saturated carbocycles. The molecule has 146 valence electrons. The Bertz CT molecular complexity index is 1000. The molecule has 0 bridgehead atoms. The summed E-state index contributed by atoms with van der Waals surface area (Å²) in [5, 5.41) is 3.60. The van der Waals surface area contributed by atoms with Gasteiger partial charge < -0.3 is 9.64 Å². The molecule has 3 rings (SSSR count). The quantitative estimate of drug-likeness (QED) is 0.334. The first-order chi connectivity index (χ1) is 13.4. The zero-order valence-corrected chi connectivity index (χ0v) is 17.6. The van der Waals surface area contributed by atoms with Crippen LogP contribution < -0.4 is 0 Å². The number of benzene rings is 1. The molecule has 1 amide bonds. The zero-order chi connectivity index (χ0) is 20.1. The number of amides is 1. The first-order valence-electron chi connectivity index (χ1n) is 8.71. The van der Waals surface area contributed by atoms with Crippen molar-refractivity contribution in [3.63, 3.8) is 0 Å². The molecule has 0 unspecified atom stereocenters. The van der Waals surface area contributed by atoms with Gasteiger partial charge in [0.15, 0.2) is 6.61 Å². The van der Waals surface area contributed by atoms with Gasteiger partial charge in [0.2, 0.25) is 0 Å². The lowest BCUT2D eigenvalue weighted by Gasteiger charge is -2.18. The molecular formula is C20H21N3O3S2. The SMILES string of the molecule is Cc1ccc(CN(C)C(=O)COC(=O)CSc2ncnc3sccc23)c(C)c1. The molecule has 0 N–H and O–H groups in total. The lowest BCUT2D eigenvalue weighted by molar-refractivity contribution is -0.149. The second-order valence-corrected chi connectivity index (χ2v) is 8.31. The molecule has 0 radical (unpaired) electrons. The fraction of sp³-hybridized carbons (Fsp3) is 0.300. The fourth-order valence-electron chi connectivity index (χ4n) is 2.67. The van der Waals surface area contributed by atoms with Gasteiger partial charge in [-0.05, 0) is 36.4 Å². The second kappa shape index (κ2) is 9.16. The van der Waals surface area contributed by atoms with Crippen molar-refractivity contribution in [3.05, 3.63) is 52.7 Å². The van der Waals surface area contributed by atoms with Crippen molar-refractivity contribution in [3.8, 4) is 0 Å². The molecule has 0 aliphatic rings. The summed E-state index contributed by atoms with van der Waals surface area (Å²) in [5.41, 5.74) is 3.40. The first-order valence-corrected chi connectivity index (χ1v) is 10.6. The highest BCUT2D eigenvalue weighted by molar-refractivity contribution is 8.00. The van der Waals surface area contributed by atoms with Gasteiger partial charge in [0.05, 0.1) is 5.75 Å². The minimum atomic E-state index is -0.444. The number of rotatable bonds is 7. The van der Waals surface area contributed by atoms with E-state index in [1.807, 2.05) is 37.4 Å². The van der Waals surface area contributed by atoms with Crippen LogP contribution in [0, 0.1) is 13.8 Å². The highest BCUT2D eigenvalue weighted by Gasteiger charge is 2.15. The number of hydrogen-bond donors (Lipinski definition) is 0. The summed E-state index contributed by atoms with van der Waals surface area (Å²) in [6.07, 6.45) is 1.48. The maximum atomic E-state index is 12.3. The first kappa shape index (κ1) is 20.3. The minimum Gasteiger partial charge on any atom is -0.455 e. The van der Waals surface area contributed by atoms with Crippen LogP contribution >= 0.6 is 23.1 Å². The molecular weight excluding hydrogens is 394 g/mol. The summed E-state index contributed by atoms with van der Waals surface area (Å²) in [6.45, 7) is 4.27. The van der Waals surface area contributed by atoms with E-state index in [1.54, 1.807) is 11.9 Å². The van der Waals surface area contributed by atoms with Gasteiger partial charge in [-0.1, -0.05) is 35.5 Å². The second-order valence-electron chi connectivity index (χ2n) is 6.45. The van der Waals surface area contributed by atoms with Crippen LogP contribution in [0.5, 0.6) is 0 Å². The van der Waals surface area contributed by atoms with Crippen molar-refractivity contribution in [1.29, 1.82) is 0 Å². The van der Waals surface area contributed by atoms with Crippen molar-refractivity contribution >= 4 is 45.2 Å². The molecule has 28 heavy (non-hydrogen) atoms. The maximum Gasteiger partial charge on any atom is 0.316 e. The third-order valence-electron chi connectivity index (χ3n) is 4.24. The van der Waals surface area contributed by atoms with Crippen molar-refractivity contribution in [1.82, 2.24) is 14.9 Å². The summed E-state index contributed by atoms with van der Waals surface area (Å²) < 4.78 is 5.14. The van der Waals surface area contributed by atoms with E-state index in [9.17, 15) is 9.59 Å². The number of thiophene rings is 1. The third kappa shape index (κ3) is 5.08. The number of carbonyl (C=O) groups excluding carboxylic acids is 2. The van der Waals surface area contributed by atoms with Gasteiger partial charge in [-0.15, -0.1) is 11.3 Å². The van der Waals surface area contributed by atoms with Crippen LogP contribution in [0.1, 0.15) is 16.7 Å². The number of thioether (sulfide) groups is 1. The highest BCUT2D eigenvalue weighted by atomic mass is 32.2. The Morgan fingerprint density at radius 3 is 2.82 bits per heavy atom. The molecule has 0 saturated heterocycles.